The van der Waals surface area contributed by atoms with E-state index in [0.717, 1.165) is 22.4 Å². The molecule has 0 unspecified atom stereocenters. The minimum absolute atomic E-state index is 0.325. The number of methoxy groups -OCH3 is 2. The Hall–Kier alpha value is -1.51. The third-order valence-corrected chi connectivity index (χ3v) is 2.80. The number of hydrogen-bond donors (Lipinski definition) is 0. The van der Waals surface area contributed by atoms with Gasteiger partial charge in [0.15, 0.2) is 0 Å². The van der Waals surface area contributed by atoms with Crippen LogP contribution in [0.5, 0.6) is 5.75 Å². The topological polar surface area (TPSA) is 35.5 Å². The first-order valence-corrected chi connectivity index (χ1v) is 4.76. The second-order valence-electron chi connectivity index (χ2n) is 3.49. The van der Waals surface area contributed by atoms with Crippen molar-refractivity contribution in [1.29, 1.82) is 0 Å². The van der Waals surface area contributed by atoms with Crippen molar-refractivity contribution in [1.82, 2.24) is 0 Å². The van der Waals surface area contributed by atoms with Crippen molar-refractivity contribution in [3.8, 4) is 5.75 Å². The van der Waals surface area contributed by atoms with Crippen molar-refractivity contribution in [2.24, 2.45) is 0 Å². The van der Waals surface area contributed by atoms with E-state index in [9.17, 15) is 4.79 Å². The van der Waals surface area contributed by atoms with Gasteiger partial charge in [0, 0.05) is 0 Å². The molecule has 1 aromatic carbocycles. The van der Waals surface area contributed by atoms with E-state index in [1.807, 2.05) is 20.8 Å². The van der Waals surface area contributed by atoms with Crippen LogP contribution in [0.3, 0.4) is 0 Å². The van der Waals surface area contributed by atoms with Gasteiger partial charge < -0.3 is 9.47 Å². The molecule has 0 atom stereocenters. The molecule has 0 aliphatic rings. The van der Waals surface area contributed by atoms with Crippen molar-refractivity contribution >= 4 is 5.97 Å². The Morgan fingerprint density at radius 2 is 1.67 bits per heavy atom. The minimum atomic E-state index is -0.325. The Morgan fingerprint density at radius 3 is 2.13 bits per heavy atom. The van der Waals surface area contributed by atoms with Crippen molar-refractivity contribution in [3.63, 3.8) is 0 Å². The molecule has 0 fully saturated rings. The van der Waals surface area contributed by atoms with E-state index < -0.39 is 0 Å². The van der Waals surface area contributed by atoms with Crippen LogP contribution in [0.1, 0.15) is 27.0 Å². The summed E-state index contributed by atoms with van der Waals surface area (Å²) < 4.78 is 9.93. The molecule has 0 saturated carbocycles. The number of carbonyl (C=O) groups is 1. The lowest BCUT2D eigenvalue weighted by Gasteiger charge is -2.13. The van der Waals surface area contributed by atoms with Crippen molar-refractivity contribution in [2.45, 2.75) is 20.8 Å². The fourth-order valence-electron chi connectivity index (χ4n) is 1.55. The Morgan fingerprint density at radius 1 is 1.07 bits per heavy atom. The third kappa shape index (κ3) is 1.96. The van der Waals surface area contributed by atoms with Gasteiger partial charge in [-0.15, -0.1) is 0 Å². The number of benzene rings is 1. The smallest absolute Gasteiger partial charge is 0.338 e. The van der Waals surface area contributed by atoms with Crippen LogP contribution >= 0.6 is 0 Å². The number of hydrogen-bond acceptors (Lipinski definition) is 3. The molecule has 0 heterocycles. The highest BCUT2D eigenvalue weighted by molar-refractivity contribution is 5.92. The zero-order valence-corrected chi connectivity index (χ0v) is 9.80. The summed E-state index contributed by atoms with van der Waals surface area (Å²) in [4.78, 5) is 11.5. The van der Waals surface area contributed by atoms with Gasteiger partial charge in [0.05, 0.1) is 19.8 Å². The molecule has 0 aliphatic heterocycles. The highest BCUT2D eigenvalue weighted by Gasteiger charge is 2.15. The molecular formula is C12H16O3. The lowest BCUT2D eigenvalue weighted by molar-refractivity contribution is 0.0599. The SMILES string of the molecule is COC(=O)c1cc(OC)c(C)c(C)c1C. The Labute approximate surface area is 90.0 Å². The highest BCUT2D eigenvalue weighted by Crippen LogP contribution is 2.27. The van der Waals surface area contributed by atoms with E-state index in [2.05, 4.69) is 0 Å². The Kier molecular flexibility index (Phi) is 3.35. The summed E-state index contributed by atoms with van der Waals surface area (Å²) in [5.41, 5.74) is 3.63. The predicted molar refractivity (Wildman–Crippen MR) is 58.5 cm³/mol. The average Bonchev–Trinajstić information content (AvgIpc) is 2.25. The molecule has 0 spiro atoms. The van der Waals surface area contributed by atoms with Crippen molar-refractivity contribution in [2.75, 3.05) is 14.2 Å². The first-order valence-electron chi connectivity index (χ1n) is 4.76. The van der Waals surface area contributed by atoms with E-state index in [4.69, 9.17) is 9.47 Å². The second kappa shape index (κ2) is 4.34. The maximum absolute atomic E-state index is 11.5. The fraction of sp³-hybridized carbons (Fsp3) is 0.417. The van der Waals surface area contributed by atoms with Crippen LogP contribution in [0.15, 0.2) is 6.07 Å². The predicted octanol–water partition coefficient (Wildman–Crippen LogP) is 2.41. The molecule has 0 radical (unpaired) electrons. The van der Waals surface area contributed by atoms with Gasteiger partial charge in [0.1, 0.15) is 5.75 Å². The molecule has 82 valence electrons. The summed E-state index contributed by atoms with van der Waals surface area (Å²) in [6.45, 7) is 5.86. The quantitative estimate of drug-likeness (QED) is 0.700. The maximum Gasteiger partial charge on any atom is 0.338 e. The molecule has 0 aromatic heterocycles. The van der Waals surface area contributed by atoms with E-state index in [0.29, 0.717) is 5.56 Å². The largest absolute Gasteiger partial charge is 0.496 e. The van der Waals surface area contributed by atoms with Gasteiger partial charge in [-0.05, 0) is 43.5 Å². The standard InChI is InChI=1S/C12H16O3/c1-7-8(2)10(12(13)15-5)6-11(14-4)9(7)3/h6H,1-5H3. The molecule has 3 nitrogen and oxygen atoms in total. The van der Waals surface area contributed by atoms with Gasteiger partial charge in [-0.1, -0.05) is 0 Å². The van der Waals surface area contributed by atoms with Gasteiger partial charge in [0.2, 0.25) is 0 Å². The number of ether oxygens (including phenoxy) is 2. The Balaban J connectivity index is 3.41. The molecule has 0 amide bonds. The molecule has 1 aromatic rings. The summed E-state index contributed by atoms with van der Waals surface area (Å²) in [6, 6.07) is 1.73. The molecule has 3 heteroatoms. The summed E-state index contributed by atoms with van der Waals surface area (Å²) in [5.74, 6) is 0.396. The first kappa shape index (κ1) is 11.6. The van der Waals surface area contributed by atoms with Gasteiger partial charge in [-0.25, -0.2) is 4.79 Å². The lowest BCUT2D eigenvalue weighted by atomic mass is 9.98. The molecule has 0 N–H and O–H groups in total. The van der Waals surface area contributed by atoms with Crippen LogP contribution in [0.2, 0.25) is 0 Å². The second-order valence-corrected chi connectivity index (χ2v) is 3.49. The number of esters is 1. The fourth-order valence-corrected chi connectivity index (χ4v) is 1.55. The van der Waals surface area contributed by atoms with Gasteiger partial charge >= 0.3 is 5.97 Å². The van der Waals surface area contributed by atoms with Crippen LogP contribution in [0.25, 0.3) is 0 Å². The van der Waals surface area contributed by atoms with Crippen LogP contribution in [0, 0.1) is 20.8 Å². The van der Waals surface area contributed by atoms with E-state index in [1.54, 1.807) is 13.2 Å². The first-order chi connectivity index (χ1) is 7.02. The van der Waals surface area contributed by atoms with Crippen LogP contribution in [0.4, 0.5) is 0 Å². The van der Waals surface area contributed by atoms with E-state index >= 15 is 0 Å². The Bertz CT molecular complexity index is 394. The van der Waals surface area contributed by atoms with Crippen molar-refractivity contribution in [3.05, 3.63) is 28.3 Å². The summed E-state index contributed by atoms with van der Waals surface area (Å²) in [7, 11) is 2.97. The van der Waals surface area contributed by atoms with Gasteiger partial charge in [0.25, 0.3) is 0 Å². The van der Waals surface area contributed by atoms with E-state index in [-0.39, 0.29) is 5.97 Å². The van der Waals surface area contributed by atoms with Crippen molar-refractivity contribution < 1.29 is 14.3 Å². The molecule has 0 saturated heterocycles. The molecule has 0 bridgehead atoms. The van der Waals surface area contributed by atoms with Crippen LogP contribution in [-0.4, -0.2) is 20.2 Å². The third-order valence-electron chi connectivity index (χ3n) is 2.80. The van der Waals surface area contributed by atoms with Gasteiger partial charge in [-0.2, -0.15) is 0 Å². The van der Waals surface area contributed by atoms with E-state index in [1.165, 1.54) is 7.11 Å². The zero-order valence-electron chi connectivity index (χ0n) is 9.80. The minimum Gasteiger partial charge on any atom is -0.496 e. The molecular weight excluding hydrogens is 192 g/mol. The number of rotatable bonds is 2. The average molecular weight is 208 g/mol. The molecule has 0 aliphatic carbocycles. The van der Waals surface area contributed by atoms with Gasteiger partial charge in [-0.3, -0.25) is 0 Å². The summed E-state index contributed by atoms with van der Waals surface area (Å²) in [5, 5.41) is 0. The number of carbonyl (C=O) groups excluding carboxylic acids is 1. The zero-order chi connectivity index (χ0) is 11.6. The molecule has 1 rings (SSSR count). The monoisotopic (exact) mass is 208 g/mol. The maximum atomic E-state index is 11.5. The summed E-state index contributed by atoms with van der Waals surface area (Å²) in [6.07, 6.45) is 0. The summed E-state index contributed by atoms with van der Waals surface area (Å²) >= 11 is 0. The van der Waals surface area contributed by atoms with Crippen LogP contribution in [-0.2, 0) is 4.74 Å². The normalized spacial score (nSPS) is 9.93. The van der Waals surface area contributed by atoms with Crippen LogP contribution < -0.4 is 4.74 Å². The molecule has 15 heavy (non-hydrogen) atoms. The highest BCUT2D eigenvalue weighted by atomic mass is 16.5. The lowest BCUT2D eigenvalue weighted by Crippen LogP contribution is -2.07.